The van der Waals surface area contributed by atoms with Crippen molar-refractivity contribution in [3.63, 3.8) is 0 Å². The van der Waals surface area contributed by atoms with Crippen molar-refractivity contribution >= 4 is 11.2 Å². The van der Waals surface area contributed by atoms with Crippen molar-refractivity contribution < 1.29 is 4.42 Å². The summed E-state index contributed by atoms with van der Waals surface area (Å²) in [5, 5.41) is 0. The van der Waals surface area contributed by atoms with Crippen LogP contribution in [-0.2, 0) is 6.42 Å². The van der Waals surface area contributed by atoms with Crippen LogP contribution in [0, 0.1) is 6.92 Å². The molecule has 2 aromatic rings. The van der Waals surface area contributed by atoms with Gasteiger partial charge >= 0.3 is 0 Å². The third-order valence-electron chi connectivity index (χ3n) is 1.74. The van der Waals surface area contributed by atoms with Gasteiger partial charge in [0.1, 0.15) is 5.52 Å². The maximum atomic E-state index is 5.38. The second kappa shape index (κ2) is 2.59. The second-order valence-corrected chi connectivity index (χ2v) is 2.74. The van der Waals surface area contributed by atoms with Gasteiger partial charge in [0.05, 0.1) is 0 Å². The highest BCUT2D eigenvalue weighted by molar-refractivity contribution is 5.67. The average molecular weight is 162 g/mol. The highest BCUT2D eigenvalue weighted by Crippen LogP contribution is 2.13. The minimum absolute atomic E-state index is 0.645. The van der Waals surface area contributed by atoms with E-state index in [0.29, 0.717) is 5.71 Å². The van der Waals surface area contributed by atoms with Gasteiger partial charge in [-0.25, -0.2) is 9.97 Å². The molecule has 0 bridgehead atoms. The Hall–Kier alpha value is -1.38. The maximum absolute atomic E-state index is 5.38. The molecule has 0 unspecified atom stereocenters. The number of rotatable bonds is 1. The van der Waals surface area contributed by atoms with Crippen molar-refractivity contribution in [1.82, 2.24) is 9.97 Å². The first-order chi connectivity index (χ1) is 5.79. The van der Waals surface area contributed by atoms with Crippen molar-refractivity contribution in [2.45, 2.75) is 20.3 Å². The summed E-state index contributed by atoms with van der Waals surface area (Å²) < 4.78 is 5.38. The highest BCUT2D eigenvalue weighted by atomic mass is 16.4. The normalized spacial score (nSPS) is 10.8. The summed E-state index contributed by atoms with van der Waals surface area (Å²) in [6.07, 6.45) is 0.815. The molecule has 62 valence electrons. The van der Waals surface area contributed by atoms with Gasteiger partial charge in [-0.05, 0) is 19.1 Å². The lowest BCUT2D eigenvalue weighted by atomic mass is 10.4. The number of nitrogens with zero attached hydrogens (tertiary/aromatic N) is 2. The lowest BCUT2D eigenvalue weighted by molar-refractivity contribution is 0.529. The van der Waals surface area contributed by atoms with Crippen LogP contribution in [0.4, 0.5) is 0 Å². The molecule has 2 heterocycles. The van der Waals surface area contributed by atoms with Crippen LogP contribution < -0.4 is 0 Å². The molecule has 0 atom stereocenters. The average Bonchev–Trinajstić information content (AvgIpc) is 2.46. The first-order valence-corrected chi connectivity index (χ1v) is 4.02. The molecule has 0 aliphatic carbocycles. The van der Waals surface area contributed by atoms with E-state index >= 15 is 0 Å². The van der Waals surface area contributed by atoms with Gasteiger partial charge in [-0.1, -0.05) is 6.92 Å². The molecule has 0 radical (unpaired) electrons. The minimum atomic E-state index is 0.645. The van der Waals surface area contributed by atoms with E-state index < -0.39 is 0 Å². The van der Waals surface area contributed by atoms with E-state index in [1.54, 1.807) is 0 Å². The molecular formula is C9H10N2O. The summed E-state index contributed by atoms with van der Waals surface area (Å²) in [5.74, 6) is 0.753. The zero-order chi connectivity index (χ0) is 8.55. The second-order valence-electron chi connectivity index (χ2n) is 2.74. The molecule has 0 fully saturated rings. The van der Waals surface area contributed by atoms with E-state index in [2.05, 4.69) is 9.97 Å². The fourth-order valence-corrected chi connectivity index (χ4v) is 1.11. The summed E-state index contributed by atoms with van der Waals surface area (Å²) in [6, 6.07) is 3.87. The van der Waals surface area contributed by atoms with Gasteiger partial charge in [0.2, 0.25) is 5.71 Å². The Kier molecular flexibility index (Phi) is 1.57. The van der Waals surface area contributed by atoms with E-state index in [0.717, 1.165) is 23.5 Å². The molecule has 0 aliphatic heterocycles. The van der Waals surface area contributed by atoms with Gasteiger partial charge in [-0.15, -0.1) is 0 Å². The van der Waals surface area contributed by atoms with Gasteiger partial charge in [-0.2, -0.15) is 0 Å². The molecule has 2 aromatic heterocycles. The lowest BCUT2D eigenvalue weighted by Gasteiger charge is -1.87. The molecule has 0 aromatic carbocycles. The Bertz CT molecular complexity index is 406. The van der Waals surface area contributed by atoms with E-state index in [-0.39, 0.29) is 0 Å². The summed E-state index contributed by atoms with van der Waals surface area (Å²) in [4.78, 5) is 8.46. The summed E-state index contributed by atoms with van der Waals surface area (Å²) >= 11 is 0. The first kappa shape index (κ1) is 7.28. The van der Waals surface area contributed by atoms with E-state index in [9.17, 15) is 0 Å². The smallest absolute Gasteiger partial charge is 0.247 e. The SMILES string of the molecule is CCc1nc2ccc(C)nc2o1. The fraction of sp³-hybridized carbons (Fsp3) is 0.333. The van der Waals surface area contributed by atoms with Gasteiger partial charge in [0.15, 0.2) is 5.89 Å². The topological polar surface area (TPSA) is 38.9 Å². The predicted octanol–water partition coefficient (Wildman–Crippen LogP) is 2.09. The third kappa shape index (κ3) is 1.07. The Morgan fingerprint density at radius 3 is 2.92 bits per heavy atom. The van der Waals surface area contributed by atoms with Crippen molar-refractivity contribution in [1.29, 1.82) is 0 Å². The third-order valence-corrected chi connectivity index (χ3v) is 1.74. The Balaban J connectivity index is 2.67. The van der Waals surface area contributed by atoms with Crippen LogP contribution in [-0.4, -0.2) is 9.97 Å². The number of aryl methyl sites for hydroxylation is 2. The van der Waals surface area contributed by atoms with Crippen molar-refractivity contribution in [2.24, 2.45) is 0 Å². The molecule has 3 heteroatoms. The van der Waals surface area contributed by atoms with Gasteiger partial charge < -0.3 is 4.42 Å². The highest BCUT2D eigenvalue weighted by Gasteiger charge is 2.03. The summed E-state index contributed by atoms with van der Waals surface area (Å²) in [6.45, 7) is 3.95. The summed E-state index contributed by atoms with van der Waals surface area (Å²) in [5.41, 5.74) is 2.45. The number of fused-ring (bicyclic) bond motifs is 1. The molecule has 0 spiro atoms. The molecule has 3 nitrogen and oxygen atoms in total. The van der Waals surface area contributed by atoms with Crippen LogP contribution in [0.5, 0.6) is 0 Å². The summed E-state index contributed by atoms with van der Waals surface area (Å²) in [7, 11) is 0. The lowest BCUT2D eigenvalue weighted by Crippen LogP contribution is -1.78. The van der Waals surface area contributed by atoms with E-state index in [4.69, 9.17) is 4.42 Å². The van der Waals surface area contributed by atoms with Crippen LogP contribution in [0.2, 0.25) is 0 Å². The van der Waals surface area contributed by atoms with Crippen LogP contribution in [0.25, 0.3) is 11.2 Å². The van der Waals surface area contributed by atoms with Crippen LogP contribution >= 0.6 is 0 Å². The molecule has 0 aliphatic rings. The molecule has 0 saturated carbocycles. The monoisotopic (exact) mass is 162 g/mol. The van der Waals surface area contributed by atoms with Crippen LogP contribution in [0.15, 0.2) is 16.5 Å². The predicted molar refractivity (Wildman–Crippen MR) is 45.9 cm³/mol. The fourth-order valence-electron chi connectivity index (χ4n) is 1.11. The van der Waals surface area contributed by atoms with Gasteiger partial charge in [0.25, 0.3) is 0 Å². The first-order valence-electron chi connectivity index (χ1n) is 4.02. The van der Waals surface area contributed by atoms with E-state index in [1.807, 2.05) is 26.0 Å². The van der Waals surface area contributed by atoms with Crippen LogP contribution in [0.3, 0.4) is 0 Å². The minimum Gasteiger partial charge on any atom is -0.422 e. The van der Waals surface area contributed by atoms with Crippen molar-refractivity contribution in [3.8, 4) is 0 Å². The number of hydrogen-bond acceptors (Lipinski definition) is 3. The number of aromatic nitrogens is 2. The Labute approximate surface area is 70.4 Å². The molecule has 0 amide bonds. The molecule has 2 rings (SSSR count). The zero-order valence-corrected chi connectivity index (χ0v) is 7.16. The number of pyridine rings is 1. The number of oxazole rings is 1. The molecule has 12 heavy (non-hydrogen) atoms. The van der Waals surface area contributed by atoms with Crippen LogP contribution in [0.1, 0.15) is 18.5 Å². The Morgan fingerprint density at radius 2 is 2.17 bits per heavy atom. The largest absolute Gasteiger partial charge is 0.422 e. The number of hydrogen-bond donors (Lipinski definition) is 0. The zero-order valence-electron chi connectivity index (χ0n) is 7.16. The van der Waals surface area contributed by atoms with Crippen molar-refractivity contribution in [2.75, 3.05) is 0 Å². The van der Waals surface area contributed by atoms with Crippen molar-refractivity contribution in [3.05, 3.63) is 23.7 Å². The molecule has 0 N–H and O–H groups in total. The Morgan fingerprint density at radius 1 is 1.33 bits per heavy atom. The quantitative estimate of drug-likeness (QED) is 0.644. The van der Waals surface area contributed by atoms with Gasteiger partial charge in [0, 0.05) is 12.1 Å². The molecule has 0 saturated heterocycles. The molecular weight excluding hydrogens is 152 g/mol. The maximum Gasteiger partial charge on any atom is 0.247 e. The standard InChI is InChI=1S/C9H10N2O/c1-3-8-11-7-5-4-6(2)10-9(7)12-8/h4-5H,3H2,1-2H3. The van der Waals surface area contributed by atoms with Gasteiger partial charge in [-0.3, -0.25) is 0 Å². The van der Waals surface area contributed by atoms with E-state index in [1.165, 1.54) is 0 Å².